The Morgan fingerprint density at radius 1 is 1.17 bits per heavy atom. The molecule has 98 valence electrons. The second-order valence-electron chi connectivity index (χ2n) is 5.01. The highest BCUT2D eigenvalue weighted by molar-refractivity contribution is 5.99. The van der Waals surface area contributed by atoms with E-state index in [1.54, 1.807) is 0 Å². The van der Waals surface area contributed by atoms with Crippen molar-refractivity contribution in [3.05, 3.63) is 29.3 Å². The van der Waals surface area contributed by atoms with Crippen LogP contribution >= 0.6 is 0 Å². The van der Waals surface area contributed by atoms with E-state index in [2.05, 4.69) is 5.32 Å². The number of nitrogens with zero attached hydrogens (tertiary/aromatic N) is 1. The maximum atomic E-state index is 12.6. The Bertz CT molecular complexity index is 421. The normalized spacial score (nSPS) is 16.2. The number of aryl methyl sites for hydroxylation is 1. The van der Waals surface area contributed by atoms with Crippen molar-refractivity contribution in [2.45, 2.75) is 32.6 Å². The Hall–Kier alpha value is -1.51. The molecule has 0 aromatic heterocycles. The van der Waals surface area contributed by atoms with Gasteiger partial charge in [0, 0.05) is 25.8 Å². The topological polar surface area (TPSA) is 32.3 Å². The molecule has 0 saturated carbocycles. The van der Waals surface area contributed by atoms with Crippen molar-refractivity contribution in [3.63, 3.8) is 0 Å². The molecule has 1 amide bonds. The summed E-state index contributed by atoms with van der Waals surface area (Å²) in [6.07, 6.45) is 4.76. The largest absolute Gasteiger partial charge is 0.387 e. The van der Waals surface area contributed by atoms with Gasteiger partial charge in [-0.05, 0) is 31.9 Å². The Labute approximate surface area is 109 Å². The van der Waals surface area contributed by atoms with E-state index in [1.165, 1.54) is 12.8 Å². The molecule has 1 aromatic carbocycles. The highest BCUT2D eigenvalue weighted by Gasteiger charge is 2.19. The highest BCUT2D eigenvalue weighted by Crippen LogP contribution is 2.20. The summed E-state index contributed by atoms with van der Waals surface area (Å²) in [4.78, 5) is 14.6. The van der Waals surface area contributed by atoms with Crippen molar-refractivity contribution in [2.75, 3.05) is 25.5 Å². The van der Waals surface area contributed by atoms with Gasteiger partial charge in [-0.15, -0.1) is 0 Å². The zero-order chi connectivity index (χ0) is 13.0. The lowest BCUT2D eigenvalue weighted by molar-refractivity contribution is 0.0762. The molecule has 1 heterocycles. The van der Waals surface area contributed by atoms with E-state index in [1.807, 2.05) is 37.1 Å². The van der Waals surface area contributed by atoms with E-state index in [0.717, 1.165) is 42.7 Å². The maximum Gasteiger partial charge on any atom is 0.255 e. The number of benzene rings is 1. The standard InChI is InChI=1S/C15H22N2O/c1-12-7-8-14(16-2)13(11-12)15(18)17-9-5-3-4-6-10-17/h7-8,11,16H,3-6,9-10H2,1-2H3. The monoisotopic (exact) mass is 246 g/mol. The average molecular weight is 246 g/mol. The molecule has 1 aliphatic rings. The van der Waals surface area contributed by atoms with Gasteiger partial charge in [0.1, 0.15) is 0 Å². The van der Waals surface area contributed by atoms with Crippen molar-refractivity contribution in [1.82, 2.24) is 4.90 Å². The van der Waals surface area contributed by atoms with Crippen molar-refractivity contribution in [2.24, 2.45) is 0 Å². The van der Waals surface area contributed by atoms with E-state index in [-0.39, 0.29) is 5.91 Å². The number of rotatable bonds is 2. The van der Waals surface area contributed by atoms with Crippen LogP contribution in [0.5, 0.6) is 0 Å². The molecule has 0 unspecified atom stereocenters. The maximum absolute atomic E-state index is 12.6. The van der Waals surface area contributed by atoms with E-state index in [9.17, 15) is 4.79 Å². The molecule has 3 nitrogen and oxygen atoms in total. The molecule has 1 aromatic rings. The van der Waals surface area contributed by atoms with E-state index in [4.69, 9.17) is 0 Å². The summed E-state index contributed by atoms with van der Waals surface area (Å²) in [5.74, 6) is 0.171. The van der Waals surface area contributed by atoms with Gasteiger partial charge in [-0.2, -0.15) is 0 Å². The first-order valence-corrected chi connectivity index (χ1v) is 6.80. The Morgan fingerprint density at radius 3 is 2.44 bits per heavy atom. The molecule has 0 bridgehead atoms. The summed E-state index contributed by atoms with van der Waals surface area (Å²) < 4.78 is 0. The lowest BCUT2D eigenvalue weighted by Crippen LogP contribution is -2.32. The molecule has 0 spiro atoms. The number of amides is 1. The van der Waals surface area contributed by atoms with Gasteiger partial charge in [-0.1, -0.05) is 24.5 Å². The van der Waals surface area contributed by atoms with Gasteiger partial charge in [-0.3, -0.25) is 4.79 Å². The molecule has 2 rings (SSSR count). The molecule has 18 heavy (non-hydrogen) atoms. The minimum absolute atomic E-state index is 0.171. The molecule has 0 aliphatic carbocycles. The summed E-state index contributed by atoms with van der Waals surface area (Å²) in [6, 6.07) is 6.00. The van der Waals surface area contributed by atoms with E-state index >= 15 is 0 Å². The first-order valence-electron chi connectivity index (χ1n) is 6.80. The van der Waals surface area contributed by atoms with Gasteiger partial charge in [0.2, 0.25) is 0 Å². The van der Waals surface area contributed by atoms with Crippen LogP contribution < -0.4 is 5.32 Å². The van der Waals surface area contributed by atoms with Gasteiger partial charge in [0.15, 0.2) is 0 Å². The summed E-state index contributed by atoms with van der Waals surface area (Å²) in [7, 11) is 1.86. The van der Waals surface area contributed by atoms with Gasteiger partial charge in [0.25, 0.3) is 5.91 Å². The predicted molar refractivity (Wildman–Crippen MR) is 75.1 cm³/mol. The fourth-order valence-electron chi connectivity index (χ4n) is 2.50. The Morgan fingerprint density at radius 2 is 1.83 bits per heavy atom. The van der Waals surface area contributed by atoms with Crippen LogP contribution in [0.25, 0.3) is 0 Å². The number of likely N-dealkylation sites (tertiary alicyclic amines) is 1. The number of hydrogen-bond acceptors (Lipinski definition) is 2. The molecule has 3 heteroatoms. The molecule has 1 N–H and O–H groups in total. The molecule has 1 fully saturated rings. The summed E-state index contributed by atoms with van der Waals surface area (Å²) in [5, 5.41) is 3.11. The number of anilines is 1. The van der Waals surface area contributed by atoms with Crippen LogP contribution in [0.4, 0.5) is 5.69 Å². The van der Waals surface area contributed by atoms with E-state index in [0.29, 0.717) is 0 Å². The van der Waals surface area contributed by atoms with Crippen LogP contribution in [0.3, 0.4) is 0 Å². The minimum atomic E-state index is 0.171. The summed E-state index contributed by atoms with van der Waals surface area (Å²) in [6.45, 7) is 3.82. The third-order valence-electron chi connectivity index (χ3n) is 3.57. The minimum Gasteiger partial charge on any atom is -0.387 e. The van der Waals surface area contributed by atoms with Crippen LogP contribution in [0.15, 0.2) is 18.2 Å². The average Bonchev–Trinajstić information content (AvgIpc) is 2.66. The summed E-state index contributed by atoms with van der Waals surface area (Å²) >= 11 is 0. The zero-order valence-corrected chi connectivity index (χ0v) is 11.3. The van der Waals surface area contributed by atoms with Crippen molar-refractivity contribution < 1.29 is 4.79 Å². The molecular weight excluding hydrogens is 224 g/mol. The predicted octanol–water partition coefficient (Wildman–Crippen LogP) is 3.05. The summed E-state index contributed by atoms with van der Waals surface area (Å²) in [5.41, 5.74) is 2.86. The van der Waals surface area contributed by atoms with Gasteiger partial charge < -0.3 is 10.2 Å². The fraction of sp³-hybridized carbons (Fsp3) is 0.533. The van der Waals surface area contributed by atoms with Crippen LogP contribution in [0.2, 0.25) is 0 Å². The third-order valence-corrected chi connectivity index (χ3v) is 3.57. The number of nitrogens with one attached hydrogen (secondary N) is 1. The number of hydrogen-bond donors (Lipinski definition) is 1. The van der Waals surface area contributed by atoms with Crippen LogP contribution in [-0.4, -0.2) is 30.9 Å². The first kappa shape index (κ1) is 12.9. The highest BCUT2D eigenvalue weighted by atomic mass is 16.2. The second-order valence-corrected chi connectivity index (χ2v) is 5.01. The molecule has 0 atom stereocenters. The third kappa shape index (κ3) is 2.84. The first-order chi connectivity index (χ1) is 8.72. The second kappa shape index (κ2) is 5.89. The van der Waals surface area contributed by atoms with Crippen molar-refractivity contribution in [1.29, 1.82) is 0 Å². The Balaban J connectivity index is 2.23. The SMILES string of the molecule is CNc1ccc(C)cc1C(=O)N1CCCCCC1. The van der Waals surface area contributed by atoms with Gasteiger partial charge in [-0.25, -0.2) is 0 Å². The molecular formula is C15H22N2O. The van der Waals surface area contributed by atoms with Crippen molar-refractivity contribution >= 4 is 11.6 Å². The smallest absolute Gasteiger partial charge is 0.255 e. The molecule has 1 aliphatic heterocycles. The number of carbonyl (C=O) groups excluding carboxylic acids is 1. The lowest BCUT2D eigenvalue weighted by Gasteiger charge is -2.22. The molecule has 0 radical (unpaired) electrons. The lowest BCUT2D eigenvalue weighted by atomic mass is 10.1. The van der Waals surface area contributed by atoms with Crippen LogP contribution in [-0.2, 0) is 0 Å². The quantitative estimate of drug-likeness (QED) is 0.870. The Kier molecular flexibility index (Phi) is 4.24. The van der Waals surface area contributed by atoms with Crippen molar-refractivity contribution in [3.8, 4) is 0 Å². The van der Waals surface area contributed by atoms with Gasteiger partial charge in [0.05, 0.1) is 5.56 Å². The molecule has 1 saturated heterocycles. The zero-order valence-electron chi connectivity index (χ0n) is 11.3. The number of carbonyl (C=O) groups is 1. The van der Waals surface area contributed by atoms with Crippen LogP contribution in [0, 0.1) is 6.92 Å². The van der Waals surface area contributed by atoms with E-state index < -0.39 is 0 Å². The van der Waals surface area contributed by atoms with Gasteiger partial charge >= 0.3 is 0 Å². The van der Waals surface area contributed by atoms with Crippen LogP contribution in [0.1, 0.15) is 41.6 Å². The fourth-order valence-corrected chi connectivity index (χ4v) is 2.50.